The molecule has 82 valence electrons. The highest BCUT2D eigenvalue weighted by Gasteiger charge is 2.27. The largest absolute Gasteiger partial charge is 0.475 e. The van der Waals surface area contributed by atoms with E-state index in [1.165, 1.54) is 6.42 Å². The van der Waals surface area contributed by atoms with E-state index in [0.717, 1.165) is 24.2 Å². The van der Waals surface area contributed by atoms with Gasteiger partial charge in [0.1, 0.15) is 0 Å². The lowest BCUT2D eigenvalue weighted by molar-refractivity contribution is 0.0684. The van der Waals surface area contributed by atoms with E-state index in [9.17, 15) is 4.79 Å². The number of carbonyl (C=O) groups is 1. The van der Waals surface area contributed by atoms with Crippen molar-refractivity contribution in [1.82, 2.24) is 9.97 Å². The minimum atomic E-state index is -0.970. The SMILES string of the molecule is CC(C)c1nc(C(=O)O)[nH]c1C1CCC1. The van der Waals surface area contributed by atoms with Crippen LogP contribution in [-0.4, -0.2) is 21.0 Å². The second kappa shape index (κ2) is 3.68. The zero-order chi connectivity index (χ0) is 11.0. The first-order valence-electron chi connectivity index (χ1n) is 5.42. The molecule has 15 heavy (non-hydrogen) atoms. The summed E-state index contributed by atoms with van der Waals surface area (Å²) in [6.45, 7) is 4.09. The predicted molar refractivity (Wildman–Crippen MR) is 56.2 cm³/mol. The molecular formula is C11H16N2O2. The Kier molecular flexibility index (Phi) is 2.50. The highest BCUT2D eigenvalue weighted by Crippen LogP contribution is 2.38. The third-order valence-electron chi connectivity index (χ3n) is 3.02. The Bertz CT molecular complexity index is 378. The summed E-state index contributed by atoms with van der Waals surface area (Å²) in [7, 11) is 0. The maximum Gasteiger partial charge on any atom is 0.371 e. The number of H-pyrrole nitrogens is 1. The van der Waals surface area contributed by atoms with Gasteiger partial charge in [0.05, 0.1) is 5.69 Å². The Balaban J connectivity index is 2.36. The maximum atomic E-state index is 10.8. The molecule has 0 unspecified atom stereocenters. The van der Waals surface area contributed by atoms with E-state index in [1.54, 1.807) is 0 Å². The number of nitrogens with one attached hydrogen (secondary N) is 1. The van der Waals surface area contributed by atoms with Gasteiger partial charge in [0.2, 0.25) is 5.82 Å². The van der Waals surface area contributed by atoms with Crippen molar-refractivity contribution in [1.29, 1.82) is 0 Å². The molecule has 1 aliphatic rings. The van der Waals surface area contributed by atoms with Crippen molar-refractivity contribution in [2.75, 3.05) is 0 Å². The van der Waals surface area contributed by atoms with E-state index in [1.807, 2.05) is 13.8 Å². The summed E-state index contributed by atoms with van der Waals surface area (Å²) >= 11 is 0. The lowest BCUT2D eigenvalue weighted by Gasteiger charge is -2.25. The molecule has 1 fully saturated rings. The van der Waals surface area contributed by atoms with Crippen molar-refractivity contribution < 1.29 is 9.90 Å². The molecule has 4 heteroatoms. The number of carboxylic acid groups (broad SMARTS) is 1. The minimum Gasteiger partial charge on any atom is -0.475 e. The van der Waals surface area contributed by atoms with Crippen LogP contribution in [0.2, 0.25) is 0 Å². The summed E-state index contributed by atoms with van der Waals surface area (Å²) < 4.78 is 0. The van der Waals surface area contributed by atoms with E-state index in [4.69, 9.17) is 5.11 Å². The summed E-state index contributed by atoms with van der Waals surface area (Å²) in [5.41, 5.74) is 1.98. The smallest absolute Gasteiger partial charge is 0.371 e. The molecule has 1 aromatic rings. The number of aromatic amines is 1. The number of aromatic nitrogens is 2. The first-order chi connectivity index (χ1) is 7.09. The normalized spacial score (nSPS) is 16.7. The molecule has 2 N–H and O–H groups in total. The monoisotopic (exact) mass is 208 g/mol. The Morgan fingerprint density at radius 1 is 1.53 bits per heavy atom. The molecule has 0 saturated heterocycles. The fraction of sp³-hybridized carbons (Fsp3) is 0.636. The molecule has 2 rings (SSSR count). The molecule has 4 nitrogen and oxygen atoms in total. The van der Waals surface area contributed by atoms with Crippen molar-refractivity contribution in [2.45, 2.75) is 44.9 Å². The van der Waals surface area contributed by atoms with Gasteiger partial charge >= 0.3 is 5.97 Å². The molecular weight excluding hydrogens is 192 g/mol. The molecule has 0 aliphatic heterocycles. The van der Waals surface area contributed by atoms with Crippen LogP contribution in [0, 0.1) is 0 Å². The summed E-state index contributed by atoms with van der Waals surface area (Å²) in [6.07, 6.45) is 3.55. The van der Waals surface area contributed by atoms with Gasteiger partial charge in [-0.2, -0.15) is 0 Å². The lowest BCUT2D eigenvalue weighted by Crippen LogP contribution is -2.12. The Hall–Kier alpha value is -1.32. The molecule has 0 spiro atoms. The maximum absolute atomic E-state index is 10.8. The Labute approximate surface area is 88.7 Å². The summed E-state index contributed by atoms with van der Waals surface area (Å²) in [4.78, 5) is 17.9. The molecule has 0 radical (unpaired) electrons. The molecule has 1 saturated carbocycles. The molecule has 0 atom stereocenters. The topological polar surface area (TPSA) is 66.0 Å². The fourth-order valence-corrected chi connectivity index (χ4v) is 1.95. The van der Waals surface area contributed by atoms with Crippen LogP contribution < -0.4 is 0 Å². The second-order valence-corrected chi connectivity index (χ2v) is 4.47. The van der Waals surface area contributed by atoms with Crippen LogP contribution in [0.5, 0.6) is 0 Å². The lowest BCUT2D eigenvalue weighted by atomic mass is 9.81. The van der Waals surface area contributed by atoms with Crippen molar-refractivity contribution in [3.05, 3.63) is 17.2 Å². The van der Waals surface area contributed by atoms with Crippen LogP contribution in [0.1, 0.15) is 67.0 Å². The zero-order valence-corrected chi connectivity index (χ0v) is 9.08. The number of hydrogen-bond acceptors (Lipinski definition) is 2. The van der Waals surface area contributed by atoms with Crippen LogP contribution in [0.15, 0.2) is 0 Å². The van der Waals surface area contributed by atoms with Gasteiger partial charge in [-0.3, -0.25) is 0 Å². The highest BCUT2D eigenvalue weighted by atomic mass is 16.4. The van der Waals surface area contributed by atoms with Gasteiger partial charge in [0.15, 0.2) is 0 Å². The van der Waals surface area contributed by atoms with E-state index in [-0.39, 0.29) is 11.7 Å². The van der Waals surface area contributed by atoms with Crippen molar-refractivity contribution in [2.24, 2.45) is 0 Å². The quantitative estimate of drug-likeness (QED) is 0.802. The summed E-state index contributed by atoms with van der Waals surface area (Å²) in [5.74, 6) is -0.101. The Morgan fingerprint density at radius 3 is 2.60 bits per heavy atom. The number of hydrogen-bond donors (Lipinski definition) is 2. The molecule has 0 aromatic carbocycles. The number of aromatic carboxylic acids is 1. The van der Waals surface area contributed by atoms with E-state index in [2.05, 4.69) is 9.97 Å². The molecule has 1 aliphatic carbocycles. The first kappa shape index (κ1) is 10.2. The standard InChI is InChI=1S/C11H16N2O2/c1-6(2)8-9(7-4-3-5-7)13-10(12-8)11(14)15/h6-7H,3-5H2,1-2H3,(H,12,13)(H,14,15). The van der Waals surface area contributed by atoms with E-state index >= 15 is 0 Å². The van der Waals surface area contributed by atoms with Gasteiger partial charge in [-0.15, -0.1) is 0 Å². The first-order valence-corrected chi connectivity index (χ1v) is 5.42. The number of nitrogens with zero attached hydrogens (tertiary/aromatic N) is 1. The number of imidazole rings is 1. The average molecular weight is 208 g/mol. The van der Waals surface area contributed by atoms with Crippen LogP contribution in [-0.2, 0) is 0 Å². The predicted octanol–water partition coefficient (Wildman–Crippen LogP) is 2.50. The molecule has 1 heterocycles. The van der Waals surface area contributed by atoms with Gasteiger partial charge in [-0.05, 0) is 18.8 Å². The molecule has 0 amide bonds. The van der Waals surface area contributed by atoms with Gasteiger partial charge in [-0.1, -0.05) is 20.3 Å². The van der Waals surface area contributed by atoms with Gasteiger partial charge in [0.25, 0.3) is 0 Å². The fourth-order valence-electron chi connectivity index (χ4n) is 1.95. The third kappa shape index (κ3) is 1.76. The highest BCUT2D eigenvalue weighted by molar-refractivity contribution is 5.83. The number of carboxylic acids is 1. The van der Waals surface area contributed by atoms with E-state index in [0.29, 0.717) is 5.92 Å². The van der Waals surface area contributed by atoms with Crippen LogP contribution in [0.25, 0.3) is 0 Å². The van der Waals surface area contributed by atoms with Crippen LogP contribution in [0.4, 0.5) is 0 Å². The van der Waals surface area contributed by atoms with Crippen LogP contribution >= 0.6 is 0 Å². The van der Waals surface area contributed by atoms with Gasteiger partial charge < -0.3 is 10.1 Å². The second-order valence-electron chi connectivity index (χ2n) is 4.47. The van der Waals surface area contributed by atoms with Crippen molar-refractivity contribution >= 4 is 5.97 Å². The van der Waals surface area contributed by atoms with Gasteiger partial charge in [-0.25, -0.2) is 9.78 Å². The van der Waals surface area contributed by atoms with E-state index < -0.39 is 5.97 Å². The minimum absolute atomic E-state index is 0.0839. The van der Waals surface area contributed by atoms with Crippen molar-refractivity contribution in [3.63, 3.8) is 0 Å². The third-order valence-corrected chi connectivity index (χ3v) is 3.02. The summed E-state index contributed by atoms with van der Waals surface area (Å²) in [6, 6.07) is 0. The Morgan fingerprint density at radius 2 is 2.20 bits per heavy atom. The number of rotatable bonds is 3. The van der Waals surface area contributed by atoms with Gasteiger partial charge in [0, 0.05) is 11.6 Å². The van der Waals surface area contributed by atoms with Crippen LogP contribution in [0.3, 0.4) is 0 Å². The average Bonchev–Trinajstić information content (AvgIpc) is 2.45. The molecule has 1 aromatic heterocycles. The van der Waals surface area contributed by atoms with Crippen molar-refractivity contribution in [3.8, 4) is 0 Å². The molecule has 0 bridgehead atoms. The summed E-state index contributed by atoms with van der Waals surface area (Å²) in [5, 5.41) is 8.88. The zero-order valence-electron chi connectivity index (χ0n) is 9.08.